The van der Waals surface area contributed by atoms with Crippen molar-refractivity contribution in [2.24, 2.45) is 0 Å². The standard InChI is InChI=1S/C8H13N3S/c1-6(2)10-8(3-4-8)7-11-9-5-12-7/h5-6,10H,3-4H2,1-2H3. The maximum absolute atomic E-state index is 4.11. The van der Waals surface area contributed by atoms with Gasteiger partial charge in [-0.2, -0.15) is 0 Å². The summed E-state index contributed by atoms with van der Waals surface area (Å²) in [6.45, 7) is 4.34. The fourth-order valence-electron chi connectivity index (χ4n) is 1.48. The number of aromatic nitrogens is 2. The summed E-state index contributed by atoms with van der Waals surface area (Å²) < 4.78 is 0. The lowest BCUT2D eigenvalue weighted by molar-refractivity contribution is 0.457. The van der Waals surface area contributed by atoms with Crippen molar-refractivity contribution in [2.75, 3.05) is 0 Å². The molecule has 4 heteroatoms. The van der Waals surface area contributed by atoms with E-state index in [0.29, 0.717) is 6.04 Å². The van der Waals surface area contributed by atoms with E-state index in [0.717, 1.165) is 5.01 Å². The van der Waals surface area contributed by atoms with E-state index in [1.165, 1.54) is 12.8 Å². The van der Waals surface area contributed by atoms with E-state index in [2.05, 4.69) is 29.4 Å². The predicted octanol–water partition coefficient (Wildman–Crippen LogP) is 1.53. The van der Waals surface area contributed by atoms with E-state index in [1.54, 1.807) is 16.8 Å². The summed E-state index contributed by atoms with van der Waals surface area (Å²) >= 11 is 1.65. The van der Waals surface area contributed by atoms with Crippen molar-refractivity contribution in [2.45, 2.75) is 38.3 Å². The number of nitrogens with one attached hydrogen (secondary N) is 1. The molecule has 1 N–H and O–H groups in total. The molecule has 12 heavy (non-hydrogen) atoms. The maximum Gasteiger partial charge on any atom is 0.137 e. The van der Waals surface area contributed by atoms with Crippen molar-refractivity contribution < 1.29 is 0 Å². The Balaban J connectivity index is 2.12. The molecule has 0 amide bonds. The first kappa shape index (κ1) is 8.13. The third kappa shape index (κ3) is 1.36. The number of nitrogens with zero attached hydrogens (tertiary/aromatic N) is 2. The van der Waals surface area contributed by atoms with Gasteiger partial charge in [0.2, 0.25) is 0 Å². The van der Waals surface area contributed by atoms with Crippen LogP contribution in [0, 0.1) is 0 Å². The van der Waals surface area contributed by atoms with Gasteiger partial charge in [-0.05, 0) is 26.7 Å². The first-order valence-corrected chi connectivity index (χ1v) is 5.15. The zero-order valence-electron chi connectivity index (χ0n) is 7.37. The van der Waals surface area contributed by atoms with E-state index < -0.39 is 0 Å². The lowest BCUT2D eigenvalue weighted by atomic mass is 10.2. The summed E-state index contributed by atoms with van der Waals surface area (Å²) in [6.07, 6.45) is 2.42. The van der Waals surface area contributed by atoms with Crippen LogP contribution in [-0.4, -0.2) is 16.2 Å². The topological polar surface area (TPSA) is 37.8 Å². The Kier molecular flexibility index (Phi) is 1.88. The molecule has 1 aromatic rings. The summed E-state index contributed by atoms with van der Waals surface area (Å²) in [5, 5.41) is 12.7. The zero-order valence-corrected chi connectivity index (χ0v) is 8.19. The highest BCUT2D eigenvalue weighted by molar-refractivity contribution is 7.09. The molecule has 0 unspecified atom stereocenters. The van der Waals surface area contributed by atoms with Crippen LogP contribution in [-0.2, 0) is 5.54 Å². The minimum atomic E-state index is 0.190. The minimum Gasteiger partial charge on any atom is -0.303 e. The summed E-state index contributed by atoms with van der Waals surface area (Å²) in [6, 6.07) is 0.524. The van der Waals surface area contributed by atoms with Crippen molar-refractivity contribution >= 4 is 11.3 Å². The van der Waals surface area contributed by atoms with Crippen LogP contribution in [0.25, 0.3) is 0 Å². The van der Waals surface area contributed by atoms with Gasteiger partial charge in [-0.15, -0.1) is 21.5 Å². The highest BCUT2D eigenvalue weighted by Gasteiger charge is 2.47. The second-order valence-electron chi connectivity index (χ2n) is 3.63. The monoisotopic (exact) mass is 183 g/mol. The molecule has 0 aliphatic heterocycles. The Morgan fingerprint density at radius 3 is 2.75 bits per heavy atom. The second-order valence-corrected chi connectivity index (χ2v) is 4.46. The van der Waals surface area contributed by atoms with Crippen molar-refractivity contribution in [1.29, 1.82) is 0 Å². The predicted molar refractivity (Wildman–Crippen MR) is 49.1 cm³/mol. The normalized spacial score (nSPS) is 19.9. The minimum absolute atomic E-state index is 0.190. The van der Waals surface area contributed by atoms with E-state index in [-0.39, 0.29) is 5.54 Å². The first-order chi connectivity index (χ1) is 5.73. The number of hydrogen-bond acceptors (Lipinski definition) is 4. The molecule has 2 rings (SSSR count). The molecule has 0 aromatic carbocycles. The molecule has 1 aliphatic carbocycles. The molecule has 1 heterocycles. The van der Waals surface area contributed by atoms with Gasteiger partial charge in [-0.3, -0.25) is 0 Å². The number of rotatable bonds is 3. The highest BCUT2D eigenvalue weighted by atomic mass is 32.1. The Morgan fingerprint density at radius 2 is 2.33 bits per heavy atom. The molecule has 1 fully saturated rings. The molecule has 1 saturated carbocycles. The summed E-state index contributed by atoms with van der Waals surface area (Å²) in [5.41, 5.74) is 1.99. The maximum atomic E-state index is 4.11. The molecule has 0 atom stereocenters. The Morgan fingerprint density at radius 1 is 1.58 bits per heavy atom. The van der Waals surface area contributed by atoms with Crippen LogP contribution >= 0.6 is 11.3 Å². The lowest BCUT2D eigenvalue weighted by Gasteiger charge is -2.16. The van der Waals surface area contributed by atoms with Crippen LogP contribution in [0.3, 0.4) is 0 Å². The quantitative estimate of drug-likeness (QED) is 0.772. The van der Waals surface area contributed by atoms with E-state index in [9.17, 15) is 0 Å². The van der Waals surface area contributed by atoms with Crippen LogP contribution in [0.2, 0.25) is 0 Å². The summed E-state index contributed by atoms with van der Waals surface area (Å²) in [4.78, 5) is 0. The average Bonchev–Trinajstić information content (AvgIpc) is 2.61. The van der Waals surface area contributed by atoms with Gasteiger partial charge in [0.25, 0.3) is 0 Å². The molecular weight excluding hydrogens is 170 g/mol. The van der Waals surface area contributed by atoms with Gasteiger partial charge in [0, 0.05) is 6.04 Å². The summed E-state index contributed by atoms with van der Waals surface area (Å²) in [7, 11) is 0. The van der Waals surface area contributed by atoms with E-state index in [1.807, 2.05) is 0 Å². The lowest BCUT2D eigenvalue weighted by Crippen LogP contribution is -2.34. The van der Waals surface area contributed by atoms with Crippen LogP contribution in [0.1, 0.15) is 31.7 Å². The van der Waals surface area contributed by atoms with Crippen LogP contribution in [0.5, 0.6) is 0 Å². The molecule has 1 aliphatic rings. The van der Waals surface area contributed by atoms with Gasteiger partial charge in [-0.25, -0.2) is 0 Å². The zero-order chi connectivity index (χ0) is 8.60. The third-order valence-electron chi connectivity index (χ3n) is 2.08. The van der Waals surface area contributed by atoms with Gasteiger partial charge >= 0.3 is 0 Å². The fourth-order valence-corrected chi connectivity index (χ4v) is 2.26. The SMILES string of the molecule is CC(C)NC1(c2nncs2)CC1. The van der Waals surface area contributed by atoms with Gasteiger partial charge in [0.1, 0.15) is 10.5 Å². The van der Waals surface area contributed by atoms with Crippen molar-refractivity contribution in [1.82, 2.24) is 15.5 Å². The Labute approximate surface area is 76.2 Å². The molecule has 0 saturated heterocycles. The molecule has 0 spiro atoms. The first-order valence-electron chi connectivity index (χ1n) is 4.27. The molecule has 0 radical (unpaired) electrons. The molecule has 66 valence electrons. The van der Waals surface area contributed by atoms with Crippen molar-refractivity contribution in [3.8, 4) is 0 Å². The summed E-state index contributed by atoms with van der Waals surface area (Å²) in [5.74, 6) is 0. The van der Waals surface area contributed by atoms with Gasteiger partial charge < -0.3 is 5.32 Å². The van der Waals surface area contributed by atoms with Gasteiger partial charge in [-0.1, -0.05) is 0 Å². The van der Waals surface area contributed by atoms with Crippen LogP contribution in [0.4, 0.5) is 0 Å². The molecule has 3 nitrogen and oxygen atoms in total. The molecule has 0 bridgehead atoms. The Hall–Kier alpha value is -0.480. The second kappa shape index (κ2) is 2.78. The Bertz CT molecular complexity index is 251. The third-order valence-corrected chi connectivity index (χ3v) is 2.98. The smallest absolute Gasteiger partial charge is 0.137 e. The molecular formula is C8H13N3S. The van der Waals surface area contributed by atoms with Crippen LogP contribution in [0.15, 0.2) is 5.51 Å². The average molecular weight is 183 g/mol. The van der Waals surface area contributed by atoms with Gasteiger partial charge in [0.15, 0.2) is 0 Å². The van der Waals surface area contributed by atoms with Crippen LogP contribution < -0.4 is 5.32 Å². The number of hydrogen-bond donors (Lipinski definition) is 1. The van der Waals surface area contributed by atoms with Crippen molar-refractivity contribution in [3.05, 3.63) is 10.5 Å². The fraction of sp³-hybridized carbons (Fsp3) is 0.750. The van der Waals surface area contributed by atoms with Crippen molar-refractivity contribution in [3.63, 3.8) is 0 Å². The molecule has 1 aromatic heterocycles. The van der Waals surface area contributed by atoms with E-state index in [4.69, 9.17) is 0 Å². The van der Waals surface area contributed by atoms with E-state index >= 15 is 0 Å². The largest absolute Gasteiger partial charge is 0.303 e. The highest BCUT2D eigenvalue weighted by Crippen LogP contribution is 2.46. The van der Waals surface area contributed by atoms with Gasteiger partial charge in [0.05, 0.1) is 5.54 Å².